The summed E-state index contributed by atoms with van der Waals surface area (Å²) in [6, 6.07) is 8.59. The van der Waals surface area contributed by atoms with Gasteiger partial charge in [-0.3, -0.25) is 15.0 Å². The Morgan fingerprint density at radius 1 is 1.08 bits per heavy atom. The van der Waals surface area contributed by atoms with Crippen LogP contribution in [0.1, 0.15) is 5.56 Å². The van der Waals surface area contributed by atoms with Gasteiger partial charge in [-0.15, -0.1) is 0 Å². The number of rotatable bonds is 5. The molecular weight excluding hydrogens is 306 g/mol. The molecular formula is C17H19N5O2. The van der Waals surface area contributed by atoms with Crippen LogP contribution in [0.5, 0.6) is 0 Å². The van der Waals surface area contributed by atoms with E-state index < -0.39 is 0 Å². The zero-order valence-electron chi connectivity index (χ0n) is 13.3. The van der Waals surface area contributed by atoms with E-state index in [1.54, 1.807) is 24.5 Å². The van der Waals surface area contributed by atoms with Crippen molar-refractivity contribution in [2.24, 2.45) is 0 Å². The van der Waals surface area contributed by atoms with Crippen LogP contribution in [0.25, 0.3) is 6.08 Å². The molecule has 1 saturated heterocycles. The molecule has 3 rings (SSSR count). The van der Waals surface area contributed by atoms with Crippen LogP contribution in [-0.4, -0.2) is 52.5 Å². The molecule has 0 aliphatic carbocycles. The Hall–Kier alpha value is -2.80. The largest absolute Gasteiger partial charge is 0.338 e. The molecule has 1 fully saturated rings. The van der Waals surface area contributed by atoms with E-state index in [9.17, 15) is 10.1 Å². The molecule has 1 aliphatic rings. The highest BCUT2D eigenvalue weighted by molar-refractivity contribution is 5.60. The van der Waals surface area contributed by atoms with Crippen LogP contribution in [0.4, 0.5) is 11.6 Å². The van der Waals surface area contributed by atoms with Crippen LogP contribution in [0.2, 0.25) is 0 Å². The number of aromatic nitrogens is 2. The summed E-state index contributed by atoms with van der Waals surface area (Å²) in [5.74, 6) is 0.771. The van der Waals surface area contributed by atoms with Crippen molar-refractivity contribution in [3.8, 4) is 0 Å². The molecule has 7 heteroatoms. The maximum absolute atomic E-state index is 11.0. The van der Waals surface area contributed by atoms with Gasteiger partial charge in [0.05, 0.1) is 10.5 Å². The molecule has 2 heterocycles. The lowest BCUT2D eigenvalue weighted by Gasteiger charge is -2.34. The van der Waals surface area contributed by atoms with Crippen molar-refractivity contribution >= 4 is 17.7 Å². The summed E-state index contributed by atoms with van der Waals surface area (Å²) < 4.78 is 0. The van der Waals surface area contributed by atoms with Crippen LogP contribution in [0, 0.1) is 10.1 Å². The van der Waals surface area contributed by atoms with Crippen LogP contribution < -0.4 is 4.90 Å². The predicted molar refractivity (Wildman–Crippen MR) is 92.8 cm³/mol. The normalized spacial score (nSPS) is 15.8. The molecule has 1 aromatic carbocycles. The molecule has 0 saturated carbocycles. The highest BCUT2D eigenvalue weighted by Crippen LogP contribution is 2.19. The van der Waals surface area contributed by atoms with Gasteiger partial charge in [0.2, 0.25) is 5.95 Å². The summed E-state index contributed by atoms with van der Waals surface area (Å²) in [5, 5.41) is 11.0. The number of para-hydroxylation sites is 1. The summed E-state index contributed by atoms with van der Waals surface area (Å²) in [7, 11) is 0. The van der Waals surface area contributed by atoms with Gasteiger partial charge >= 0.3 is 0 Å². The molecule has 0 unspecified atom stereocenters. The summed E-state index contributed by atoms with van der Waals surface area (Å²) in [5.41, 5.74) is 0.776. The summed E-state index contributed by atoms with van der Waals surface area (Å²) in [6.07, 6.45) is 7.32. The maximum Gasteiger partial charge on any atom is 0.276 e. The van der Waals surface area contributed by atoms with Gasteiger partial charge in [0.1, 0.15) is 0 Å². The predicted octanol–water partition coefficient (Wildman–Crippen LogP) is 2.22. The first-order valence-electron chi connectivity index (χ1n) is 7.88. The van der Waals surface area contributed by atoms with Crippen LogP contribution >= 0.6 is 0 Å². The highest BCUT2D eigenvalue weighted by atomic mass is 16.6. The number of nitro groups is 1. The minimum absolute atomic E-state index is 0.139. The third-order valence-corrected chi connectivity index (χ3v) is 4.00. The molecule has 0 spiro atoms. The van der Waals surface area contributed by atoms with E-state index in [1.165, 1.54) is 6.07 Å². The zero-order chi connectivity index (χ0) is 16.8. The second-order valence-electron chi connectivity index (χ2n) is 5.55. The second kappa shape index (κ2) is 7.65. The zero-order valence-corrected chi connectivity index (χ0v) is 13.3. The minimum atomic E-state index is -0.349. The Labute approximate surface area is 140 Å². The third kappa shape index (κ3) is 3.94. The van der Waals surface area contributed by atoms with Crippen molar-refractivity contribution < 1.29 is 4.92 Å². The van der Waals surface area contributed by atoms with Crippen molar-refractivity contribution in [2.75, 3.05) is 37.6 Å². The topological polar surface area (TPSA) is 75.4 Å². The van der Waals surface area contributed by atoms with E-state index in [0.29, 0.717) is 5.56 Å². The van der Waals surface area contributed by atoms with Gasteiger partial charge in [-0.1, -0.05) is 24.3 Å². The molecule has 0 radical (unpaired) electrons. The molecule has 7 nitrogen and oxygen atoms in total. The van der Waals surface area contributed by atoms with Crippen molar-refractivity contribution in [3.63, 3.8) is 0 Å². The Morgan fingerprint density at radius 3 is 2.50 bits per heavy atom. The first-order valence-corrected chi connectivity index (χ1v) is 7.88. The molecule has 0 bridgehead atoms. The smallest absolute Gasteiger partial charge is 0.276 e. The third-order valence-electron chi connectivity index (χ3n) is 4.00. The van der Waals surface area contributed by atoms with Crippen LogP contribution in [-0.2, 0) is 0 Å². The fourth-order valence-electron chi connectivity index (χ4n) is 2.71. The van der Waals surface area contributed by atoms with Crippen LogP contribution in [0.3, 0.4) is 0 Å². The van der Waals surface area contributed by atoms with E-state index in [4.69, 9.17) is 0 Å². The van der Waals surface area contributed by atoms with Crippen molar-refractivity contribution in [3.05, 3.63) is 64.5 Å². The molecule has 0 amide bonds. The van der Waals surface area contributed by atoms with E-state index >= 15 is 0 Å². The van der Waals surface area contributed by atoms with Gasteiger partial charge in [-0.2, -0.15) is 0 Å². The van der Waals surface area contributed by atoms with Gasteiger partial charge in [0.15, 0.2) is 0 Å². The number of nitro benzene ring substituents is 1. The lowest BCUT2D eigenvalue weighted by atomic mass is 10.1. The fourth-order valence-corrected chi connectivity index (χ4v) is 2.71. The van der Waals surface area contributed by atoms with E-state index in [-0.39, 0.29) is 10.6 Å². The van der Waals surface area contributed by atoms with Crippen molar-refractivity contribution in [1.29, 1.82) is 0 Å². The number of piperazine rings is 1. The summed E-state index contributed by atoms with van der Waals surface area (Å²) >= 11 is 0. The van der Waals surface area contributed by atoms with Gasteiger partial charge < -0.3 is 4.90 Å². The maximum atomic E-state index is 11.0. The van der Waals surface area contributed by atoms with E-state index in [1.807, 2.05) is 24.3 Å². The van der Waals surface area contributed by atoms with Gasteiger partial charge in [-0.25, -0.2) is 9.97 Å². The van der Waals surface area contributed by atoms with E-state index in [2.05, 4.69) is 19.8 Å². The van der Waals surface area contributed by atoms with Gasteiger partial charge in [0.25, 0.3) is 5.69 Å². The minimum Gasteiger partial charge on any atom is -0.338 e. The SMILES string of the molecule is O=[N+]([O-])c1ccccc1/C=C/CN1CCN(c2ncccn2)CC1. The fraction of sp³-hybridized carbons (Fsp3) is 0.294. The Morgan fingerprint density at radius 2 is 1.79 bits per heavy atom. The Kier molecular flexibility index (Phi) is 5.12. The molecule has 2 aromatic rings. The Bertz CT molecular complexity index is 712. The number of benzene rings is 1. The summed E-state index contributed by atoms with van der Waals surface area (Å²) in [4.78, 5) is 23.7. The molecule has 0 atom stereocenters. The quantitative estimate of drug-likeness (QED) is 0.620. The average molecular weight is 325 g/mol. The first-order chi connectivity index (χ1) is 11.7. The van der Waals surface area contributed by atoms with Crippen LogP contribution in [0.15, 0.2) is 48.8 Å². The lowest BCUT2D eigenvalue weighted by molar-refractivity contribution is -0.385. The van der Waals surface area contributed by atoms with E-state index in [0.717, 1.165) is 38.7 Å². The summed E-state index contributed by atoms with van der Waals surface area (Å²) in [6.45, 7) is 4.36. The molecule has 124 valence electrons. The molecule has 0 N–H and O–H groups in total. The molecule has 1 aliphatic heterocycles. The highest BCUT2D eigenvalue weighted by Gasteiger charge is 2.17. The molecule has 1 aromatic heterocycles. The first kappa shape index (κ1) is 16.1. The lowest BCUT2D eigenvalue weighted by Crippen LogP contribution is -2.46. The monoisotopic (exact) mass is 325 g/mol. The van der Waals surface area contributed by atoms with Crippen molar-refractivity contribution in [1.82, 2.24) is 14.9 Å². The number of hydrogen-bond acceptors (Lipinski definition) is 6. The standard InChI is InChI=1S/C17H19N5O2/c23-22(24)16-7-2-1-5-15(16)6-3-10-20-11-13-21(14-12-20)17-18-8-4-9-19-17/h1-9H,10-14H2/b6-3+. The van der Waals surface area contributed by atoms with Crippen molar-refractivity contribution in [2.45, 2.75) is 0 Å². The number of hydrogen-bond donors (Lipinski definition) is 0. The molecule has 24 heavy (non-hydrogen) atoms. The second-order valence-corrected chi connectivity index (χ2v) is 5.55. The number of anilines is 1. The number of nitrogens with zero attached hydrogens (tertiary/aromatic N) is 5. The van der Waals surface area contributed by atoms with Gasteiger partial charge in [0, 0.05) is 51.2 Å². The Balaban J connectivity index is 1.53. The van der Waals surface area contributed by atoms with Gasteiger partial charge in [-0.05, 0) is 12.1 Å². The average Bonchev–Trinajstić information content (AvgIpc) is 2.63.